The van der Waals surface area contributed by atoms with E-state index in [9.17, 15) is 4.79 Å². The van der Waals surface area contributed by atoms with Crippen molar-refractivity contribution in [3.63, 3.8) is 0 Å². The second-order valence-electron chi connectivity index (χ2n) is 6.32. The minimum absolute atomic E-state index is 0.109. The number of carbonyl (C=O) groups excluding carboxylic acids is 1. The molecule has 1 aromatic heterocycles. The fraction of sp³-hybridized carbons (Fsp3) is 0.316. The van der Waals surface area contributed by atoms with Crippen LogP contribution in [0.15, 0.2) is 51.0 Å². The predicted octanol–water partition coefficient (Wildman–Crippen LogP) is 3.59. The highest BCUT2D eigenvalue weighted by atomic mass is 16.3. The summed E-state index contributed by atoms with van der Waals surface area (Å²) in [6, 6.07) is 11.5. The zero-order valence-corrected chi connectivity index (χ0v) is 13.8. The maximum atomic E-state index is 12.5. The van der Waals surface area contributed by atoms with Crippen molar-refractivity contribution in [2.45, 2.75) is 26.2 Å². The highest BCUT2D eigenvalue weighted by molar-refractivity contribution is 6.54. The first-order chi connectivity index (χ1) is 11.7. The summed E-state index contributed by atoms with van der Waals surface area (Å²) in [5.41, 5.74) is 2.10. The third-order valence-corrected chi connectivity index (χ3v) is 4.68. The van der Waals surface area contributed by atoms with Crippen molar-refractivity contribution in [3.8, 4) is 0 Å². The van der Waals surface area contributed by atoms with Gasteiger partial charge in [0.2, 0.25) is 0 Å². The molecule has 1 aliphatic carbocycles. The third kappa shape index (κ3) is 2.46. The van der Waals surface area contributed by atoms with Crippen LogP contribution in [0.5, 0.6) is 0 Å². The Morgan fingerprint density at radius 2 is 2.08 bits per heavy atom. The largest absolute Gasteiger partial charge is 0.460 e. The number of rotatable bonds is 4. The molecule has 1 aliphatic heterocycles. The van der Waals surface area contributed by atoms with E-state index in [0.29, 0.717) is 29.9 Å². The zero-order valence-electron chi connectivity index (χ0n) is 13.8. The van der Waals surface area contributed by atoms with Gasteiger partial charge in [0.1, 0.15) is 11.5 Å². The molecule has 0 spiro atoms. The van der Waals surface area contributed by atoms with E-state index in [1.54, 1.807) is 11.1 Å². The van der Waals surface area contributed by atoms with Crippen molar-refractivity contribution >= 4 is 23.5 Å². The summed E-state index contributed by atoms with van der Waals surface area (Å²) in [6.07, 6.45) is 2.75. The smallest absolute Gasteiger partial charge is 0.279 e. The van der Waals surface area contributed by atoms with E-state index < -0.39 is 0 Å². The average molecular weight is 321 g/mol. The molecule has 0 radical (unpaired) electrons. The molecule has 5 nitrogen and oxygen atoms in total. The standard InChI is InChI=1S/C19H19N3O2/c1-3-22-16-7-5-4-6-14(16)18(19(22)23)21-20-11-13-8-9-17(24-13)15-10-12(15)2/h4-9,11-12,15H,3,10H2,1-2H3/b20-11-,21-18-/t12-,15+/m0/s1. The molecule has 0 N–H and O–H groups in total. The third-order valence-electron chi connectivity index (χ3n) is 4.68. The van der Waals surface area contributed by atoms with E-state index in [1.165, 1.54) is 6.42 Å². The number of para-hydroxylation sites is 1. The van der Waals surface area contributed by atoms with E-state index in [1.807, 2.05) is 43.3 Å². The summed E-state index contributed by atoms with van der Waals surface area (Å²) < 4.78 is 5.77. The fourth-order valence-electron chi connectivity index (χ4n) is 3.17. The minimum Gasteiger partial charge on any atom is -0.460 e. The van der Waals surface area contributed by atoms with Crippen LogP contribution >= 0.6 is 0 Å². The summed E-state index contributed by atoms with van der Waals surface area (Å²) in [5.74, 6) is 2.81. The van der Waals surface area contributed by atoms with Gasteiger partial charge >= 0.3 is 0 Å². The van der Waals surface area contributed by atoms with Gasteiger partial charge in [0.25, 0.3) is 5.91 Å². The molecule has 0 bridgehead atoms. The van der Waals surface area contributed by atoms with Gasteiger partial charge in [-0.3, -0.25) is 4.79 Å². The Labute approximate surface area is 140 Å². The summed E-state index contributed by atoms with van der Waals surface area (Å²) in [5, 5.41) is 8.23. The van der Waals surface area contributed by atoms with Crippen molar-refractivity contribution in [2.24, 2.45) is 16.1 Å². The van der Waals surface area contributed by atoms with Gasteiger partial charge in [-0.15, -0.1) is 5.10 Å². The summed E-state index contributed by atoms with van der Waals surface area (Å²) >= 11 is 0. The molecule has 1 aromatic carbocycles. The second-order valence-corrected chi connectivity index (χ2v) is 6.32. The van der Waals surface area contributed by atoms with Crippen LogP contribution in [0.25, 0.3) is 0 Å². The zero-order chi connectivity index (χ0) is 16.7. The Bertz CT molecular complexity index is 850. The topological polar surface area (TPSA) is 58.2 Å². The van der Waals surface area contributed by atoms with Gasteiger partial charge in [-0.05, 0) is 37.5 Å². The van der Waals surface area contributed by atoms with E-state index in [-0.39, 0.29) is 5.91 Å². The first kappa shape index (κ1) is 14.9. The number of carbonyl (C=O) groups is 1. The van der Waals surface area contributed by atoms with Crippen LogP contribution < -0.4 is 4.90 Å². The Kier molecular flexibility index (Phi) is 3.56. The molecule has 2 aliphatic rings. The molecule has 5 heteroatoms. The molecule has 24 heavy (non-hydrogen) atoms. The lowest BCUT2D eigenvalue weighted by Crippen LogP contribution is -2.29. The number of fused-ring (bicyclic) bond motifs is 1. The van der Waals surface area contributed by atoms with Gasteiger partial charge in [-0.25, -0.2) is 0 Å². The van der Waals surface area contributed by atoms with Crippen LogP contribution in [0, 0.1) is 5.92 Å². The normalized spacial score (nSPS) is 24.2. The van der Waals surface area contributed by atoms with Crippen LogP contribution in [0.1, 0.15) is 43.3 Å². The van der Waals surface area contributed by atoms with Crippen molar-refractivity contribution < 1.29 is 9.21 Å². The molecule has 1 amide bonds. The molecule has 2 atom stereocenters. The summed E-state index contributed by atoms with van der Waals surface area (Å²) in [7, 11) is 0. The van der Waals surface area contributed by atoms with Crippen LogP contribution in [-0.4, -0.2) is 24.4 Å². The lowest BCUT2D eigenvalue weighted by Gasteiger charge is -2.12. The number of likely N-dealkylation sites (N-methyl/N-ethyl adjacent to an activating group) is 1. The van der Waals surface area contributed by atoms with Crippen LogP contribution in [0.3, 0.4) is 0 Å². The number of benzene rings is 1. The maximum absolute atomic E-state index is 12.5. The molecular weight excluding hydrogens is 302 g/mol. The molecule has 1 fully saturated rings. The number of hydrogen-bond acceptors (Lipinski definition) is 4. The maximum Gasteiger partial charge on any atom is 0.279 e. The van der Waals surface area contributed by atoms with Crippen LogP contribution in [-0.2, 0) is 4.79 Å². The van der Waals surface area contributed by atoms with Gasteiger partial charge in [0.15, 0.2) is 5.71 Å². The van der Waals surface area contributed by atoms with Gasteiger partial charge in [-0.2, -0.15) is 5.10 Å². The summed E-state index contributed by atoms with van der Waals surface area (Å²) in [4.78, 5) is 14.2. The Balaban J connectivity index is 1.57. The SMILES string of the molecule is CCN1C(=O)/C(=N\N=C/c2ccc([C@@H]3C[C@@H]3C)o2)c2ccccc21. The highest BCUT2D eigenvalue weighted by Gasteiger charge is 2.36. The van der Waals surface area contributed by atoms with E-state index in [2.05, 4.69) is 17.1 Å². The molecule has 122 valence electrons. The molecule has 0 unspecified atom stereocenters. The number of anilines is 1. The van der Waals surface area contributed by atoms with Gasteiger partial charge < -0.3 is 9.32 Å². The van der Waals surface area contributed by atoms with Crippen LogP contribution in [0.2, 0.25) is 0 Å². The Hall–Kier alpha value is -2.69. The van der Waals surface area contributed by atoms with Crippen LogP contribution in [0.4, 0.5) is 5.69 Å². The van der Waals surface area contributed by atoms with Crippen molar-refractivity contribution in [1.29, 1.82) is 0 Å². The molecule has 4 rings (SSSR count). The fourth-order valence-corrected chi connectivity index (χ4v) is 3.17. The first-order valence-corrected chi connectivity index (χ1v) is 8.31. The van der Waals surface area contributed by atoms with Crippen molar-refractivity contribution in [1.82, 2.24) is 0 Å². The van der Waals surface area contributed by atoms with E-state index in [0.717, 1.165) is 17.0 Å². The lowest BCUT2D eigenvalue weighted by atomic mass is 10.1. The molecule has 2 aromatic rings. The molecule has 1 saturated carbocycles. The number of hydrogen-bond donors (Lipinski definition) is 0. The van der Waals surface area contributed by atoms with Gasteiger partial charge in [0.05, 0.1) is 11.9 Å². The second kappa shape index (κ2) is 5.74. The van der Waals surface area contributed by atoms with Gasteiger partial charge in [-0.1, -0.05) is 25.1 Å². The number of nitrogens with zero attached hydrogens (tertiary/aromatic N) is 3. The average Bonchev–Trinajstić information content (AvgIpc) is 3.04. The Morgan fingerprint density at radius 1 is 1.29 bits per heavy atom. The molecule has 0 saturated heterocycles. The lowest BCUT2D eigenvalue weighted by molar-refractivity contribution is -0.112. The van der Waals surface area contributed by atoms with Crippen molar-refractivity contribution in [2.75, 3.05) is 11.4 Å². The van der Waals surface area contributed by atoms with Crippen molar-refractivity contribution in [3.05, 3.63) is 53.5 Å². The quantitative estimate of drug-likeness (QED) is 0.638. The van der Waals surface area contributed by atoms with Gasteiger partial charge in [0, 0.05) is 18.0 Å². The van der Waals surface area contributed by atoms with E-state index in [4.69, 9.17) is 4.42 Å². The molecule has 2 heterocycles. The predicted molar refractivity (Wildman–Crippen MR) is 93.8 cm³/mol. The minimum atomic E-state index is -0.109. The first-order valence-electron chi connectivity index (χ1n) is 8.31. The highest BCUT2D eigenvalue weighted by Crippen LogP contribution is 2.47. The molecular formula is C19H19N3O2. The Morgan fingerprint density at radius 3 is 2.83 bits per heavy atom. The summed E-state index contributed by atoms with van der Waals surface area (Å²) in [6.45, 7) is 4.78. The number of furan rings is 1. The van der Waals surface area contributed by atoms with E-state index >= 15 is 0 Å². The number of amides is 1. The monoisotopic (exact) mass is 321 g/mol.